The zero-order valence-electron chi connectivity index (χ0n) is 14.1. The van der Waals surface area contributed by atoms with Crippen molar-refractivity contribution in [2.75, 3.05) is 18.5 Å². The van der Waals surface area contributed by atoms with Crippen molar-refractivity contribution < 1.29 is 9.53 Å². The molecule has 1 N–H and O–H groups in total. The van der Waals surface area contributed by atoms with Crippen molar-refractivity contribution in [3.63, 3.8) is 0 Å². The SMILES string of the molecule is Cc1c(C2N=C(C3CCOC3)c3ccc(Cl)cc3NC2=O)cnn1C. The Bertz CT molecular complexity index is 868. The lowest BCUT2D eigenvalue weighted by Crippen LogP contribution is -2.20. The highest BCUT2D eigenvalue weighted by Gasteiger charge is 2.33. The summed E-state index contributed by atoms with van der Waals surface area (Å²) in [6.45, 7) is 3.27. The van der Waals surface area contributed by atoms with Crippen LogP contribution in [0.3, 0.4) is 0 Å². The number of carbonyl (C=O) groups is 1. The highest BCUT2D eigenvalue weighted by molar-refractivity contribution is 6.31. The van der Waals surface area contributed by atoms with Crippen LogP contribution in [0.2, 0.25) is 5.02 Å². The van der Waals surface area contributed by atoms with Crippen LogP contribution in [0, 0.1) is 12.8 Å². The molecule has 1 aromatic carbocycles. The van der Waals surface area contributed by atoms with Gasteiger partial charge in [0.1, 0.15) is 0 Å². The van der Waals surface area contributed by atoms with Gasteiger partial charge in [-0.1, -0.05) is 11.6 Å². The summed E-state index contributed by atoms with van der Waals surface area (Å²) in [5, 5.41) is 7.83. The molecule has 0 saturated carbocycles. The molecule has 130 valence electrons. The van der Waals surface area contributed by atoms with Crippen molar-refractivity contribution in [3.8, 4) is 0 Å². The normalized spacial score (nSPS) is 23.0. The van der Waals surface area contributed by atoms with E-state index >= 15 is 0 Å². The van der Waals surface area contributed by atoms with E-state index < -0.39 is 6.04 Å². The molecule has 4 rings (SSSR count). The molecular formula is C18H19ClN4O2. The number of hydrogen-bond donors (Lipinski definition) is 1. The molecular weight excluding hydrogens is 340 g/mol. The van der Waals surface area contributed by atoms with Crippen LogP contribution in [0.15, 0.2) is 29.4 Å². The second-order valence-electron chi connectivity index (χ2n) is 6.47. The summed E-state index contributed by atoms with van der Waals surface area (Å²) < 4.78 is 7.31. The van der Waals surface area contributed by atoms with Gasteiger partial charge in [0.2, 0.25) is 0 Å². The van der Waals surface area contributed by atoms with Crippen molar-refractivity contribution in [2.45, 2.75) is 19.4 Å². The molecule has 25 heavy (non-hydrogen) atoms. The first-order valence-electron chi connectivity index (χ1n) is 8.29. The van der Waals surface area contributed by atoms with E-state index in [4.69, 9.17) is 21.3 Å². The number of benzodiazepines with no additional fused rings is 1. The monoisotopic (exact) mass is 358 g/mol. The first kappa shape index (κ1) is 16.3. The number of fused-ring (bicyclic) bond motifs is 1. The summed E-state index contributed by atoms with van der Waals surface area (Å²) in [5.74, 6) is 0.000588. The van der Waals surface area contributed by atoms with E-state index in [-0.39, 0.29) is 11.8 Å². The van der Waals surface area contributed by atoms with Crippen molar-refractivity contribution in [1.82, 2.24) is 9.78 Å². The van der Waals surface area contributed by atoms with Gasteiger partial charge in [0.25, 0.3) is 5.91 Å². The molecule has 1 fully saturated rings. The lowest BCUT2D eigenvalue weighted by molar-refractivity contribution is -0.117. The highest BCUT2D eigenvalue weighted by Crippen LogP contribution is 2.34. The molecule has 2 aliphatic rings. The highest BCUT2D eigenvalue weighted by atomic mass is 35.5. The smallest absolute Gasteiger partial charge is 0.253 e. The maximum absolute atomic E-state index is 12.9. The molecule has 2 atom stereocenters. The molecule has 0 bridgehead atoms. The molecule has 1 aromatic heterocycles. The average molecular weight is 359 g/mol. The van der Waals surface area contributed by atoms with Crippen molar-refractivity contribution in [2.24, 2.45) is 18.0 Å². The Labute approximate surface area is 150 Å². The second-order valence-corrected chi connectivity index (χ2v) is 6.90. The van der Waals surface area contributed by atoms with Gasteiger partial charge < -0.3 is 10.1 Å². The number of aliphatic imine (C=N–C) groups is 1. The number of aromatic nitrogens is 2. The van der Waals surface area contributed by atoms with E-state index in [1.165, 1.54) is 0 Å². The molecule has 6 nitrogen and oxygen atoms in total. The van der Waals surface area contributed by atoms with Crippen LogP contribution in [-0.4, -0.2) is 34.6 Å². The number of amides is 1. The lowest BCUT2D eigenvalue weighted by Gasteiger charge is -2.14. The molecule has 2 aromatic rings. The summed E-state index contributed by atoms with van der Waals surface area (Å²) in [4.78, 5) is 17.8. The van der Waals surface area contributed by atoms with Crippen molar-refractivity contribution in [1.29, 1.82) is 0 Å². The Morgan fingerprint density at radius 3 is 2.92 bits per heavy atom. The number of carbonyl (C=O) groups excluding carboxylic acids is 1. The topological polar surface area (TPSA) is 68.5 Å². The minimum Gasteiger partial charge on any atom is -0.381 e. The summed E-state index contributed by atoms with van der Waals surface area (Å²) in [7, 11) is 1.86. The standard InChI is InChI=1S/C18H19ClN4O2/c1-10-14(8-20-23(10)2)17-18(24)21-15-7-12(19)3-4-13(15)16(22-17)11-5-6-25-9-11/h3-4,7-8,11,17H,5-6,9H2,1-2H3,(H,21,24). The molecule has 7 heteroatoms. The van der Waals surface area contributed by atoms with Crippen LogP contribution < -0.4 is 5.32 Å². The van der Waals surface area contributed by atoms with E-state index in [9.17, 15) is 4.79 Å². The third-order valence-corrected chi connectivity index (χ3v) is 5.15. The van der Waals surface area contributed by atoms with Gasteiger partial charge >= 0.3 is 0 Å². The van der Waals surface area contributed by atoms with Gasteiger partial charge in [0, 0.05) is 41.4 Å². The van der Waals surface area contributed by atoms with Crippen molar-refractivity contribution in [3.05, 3.63) is 46.2 Å². The van der Waals surface area contributed by atoms with Gasteiger partial charge in [0.05, 0.1) is 24.2 Å². The summed E-state index contributed by atoms with van der Waals surface area (Å²) in [5.41, 5.74) is 4.26. The number of aryl methyl sites for hydroxylation is 1. The molecule has 0 radical (unpaired) electrons. The molecule has 1 saturated heterocycles. The van der Waals surface area contributed by atoms with E-state index in [0.29, 0.717) is 23.9 Å². The molecule has 1 amide bonds. The Morgan fingerprint density at radius 1 is 1.40 bits per heavy atom. The van der Waals surface area contributed by atoms with Gasteiger partial charge in [0.15, 0.2) is 6.04 Å². The zero-order valence-corrected chi connectivity index (χ0v) is 14.9. The van der Waals surface area contributed by atoms with Gasteiger partial charge in [-0.25, -0.2) is 0 Å². The van der Waals surface area contributed by atoms with Crippen LogP contribution in [0.25, 0.3) is 0 Å². The van der Waals surface area contributed by atoms with Crippen LogP contribution in [0.4, 0.5) is 5.69 Å². The van der Waals surface area contributed by atoms with Crippen LogP contribution in [-0.2, 0) is 16.6 Å². The summed E-state index contributed by atoms with van der Waals surface area (Å²) >= 11 is 6.14. The minimum absolute atomic E-state index is 0.173. The third kappa shape index (κ3) is 2.85. The average Bonchev–Trinajstić information content (AvgIpc) is 3.19. The Hall–Kier alpha value is -2.18. The zero-order chi connectivity index (χ0) is 17.6. The van der Waals surface area contributed by atoms with E-state index in [1.54, 1.807) is 16.9 Å². The molecule has 3 heterocycles. The first-order chi connectivity index (χ1) is 12.0. The number of ether oxygens (including phenoxy) is 1. The van der Waals surface area contributed by atoms with Gasteiger partial charge in [-0.2, -0.15) is 5.10 Å². The molecule has 0 aliphatic carbocycles. The van der Waals surface area contributed by atoms with Crippen LogP contribution in [0.1, 0.15) is 29.3 Å². The number of halogens is 1. The number of nitrogens with zero attached hydrogens (tertiary/aromatic N) is 3. The summed E-state index contributed by atoms with van der Waals surface area (Å²) in [6.07, 6.45) is 2.61. The first-order valence-corrected chi connectivity index (χ1v) is 8.67. The number of benzene rings is 1. The largest absolute Gasteiger partial charge is 0.381 e. The number of nitrogens with one attached hydrogen (secondary N) is 1. The second kappa shape index (κ2) is 6.28. The maximum atomic E-state index is 12.9. The maximum Gasteiger partial charge on any atom is 0.253 e. The predicted molar refractivity (Wildman–Crippen MR) is 96.2 cm³/mol. The Balaban J connectivity index is 1.86. The number of rotatable bonds is 2. The minimum atomic E-state index is -0.629. The molecule has 2 aliphatic heterocycles. The number of anilines is 1. The van der Waals surface area contributed by atoms with Crippen LogP contribution in [0.5, 0.6) is 0 Å². The fraction of sp³-hybridized carbons (Fsp3) is 0.389. The fourth-order valence-corrected chi connectivity index (χ4v) is 3.55. The summed E-state index contributed by atoms with van der Waals surface area (Å²) in [6, 6.07) is 4.90. The van der Waals surface area contributed by atoms with Crippen LogP contribution >= 0.6 is 11.6 Å². The molecule has 0 spiro atoms. The lowest BCUT2D eigenvalue weighted by atomic mass is 9.94. The predicted octanol–water partition coefficient (Wildman–Crippen LogP) is 2.90. The quantitative estimate of drug-likeness (QED) is 0.897. The van der Waals surface area contributed by atoms with Gasteiger partial charge in [-0.05, 0) is 31.5 Å². The molecule has 2 unspecified atom stereocenters. The van der Waals surface area contributed by atoms with E-state index in [1.807, 2.05) is 26.1 Å². The van der Waals surface area contributed by atoms with Gasteiger partial charge in [-0.15, -0.1) is 0 Å². The van der Waals surface area contributed by atoms with E-state index in [2.05, 4.69) is 10.4 Å². The third-order valence-electron chi connectivity index (χ3n) is 4.92. The fourth-order valence-electron chi connectivity index (χ4n) is 3.38. The van der Waals surface area contributed by atoms with E-state index in [0.717, 1.165) is 29.0 Å². The van der Waals surface area contributed by atoms with Crippen molar-refractivity contribution >= 4 is 28.9 Å². The Kier molecular flexibility index (Phi) is 4.09. The number of hydrogen-bond acceptors (Lipinski definition) is 4. The van der Waals surface area contributed by atoms with Gasteiger partial charge in [-0.3, -0.25) is 14.5 Å². The Morgan fingerprint density at radius 2 is 2.24 bits per heavy atom.